The van der Waals surface area contributed by atoms with E-state index in [0.29, 0.717) is 0 Å². The molecule has 2 atom stereocenters. The molecule has 1 fully saturated rings. The minimum Gasteiger partial charge on any atom is -0.334 e. The largest absolute Gasteiger partial charge is 0.334 e. The first-order chi connectivity index (χ1) is 8.27. The smallest absolute Gasteiger partial charge is 0.105 e. The average Bonchev–Trinajstić information content (AvgIpc) is 2.60. The number of hydrogen-bond acceptors (Lipinski definition) is 2. The van der Waals surface area contributed by atoms with Gasteiger partial charge in [0, 0.05) is 31.5 Å². The van der Waals surface area contributed by atoms with E-state index in [0.717, 1.165) is 30.9 Å². The first kappa shape index (κ1) is 12.6. The highest BCUT2D eigenvalue weighted by Gasteiger charge is 2.18. The van der Waals surface area contributed by atoms with Crippen LogP contribution in [0.25, 0.3) is 0 Å². The van der Waals surface area contributed by atoms with Crippen LogP contribution in [-0.2, 0) is 6.54 Å². The van der Waals surface area contributed by atoms with Crippen LogP contribution < -0.4 is 5.32 Å². The van der Waals surface area contributed by atoms with Gasteiger partial charge in [0.25, 0.3) is 0 Å². The summed E-state index contributed by atoms with van der Waals surface area (Å²) in [6, 6.07) is 0.723. The van der Waals surface area contributed by atoms with E-state index in [1.165, 1.54) is 32.1 Å². The van der Waals surface area contributed by atoms with Crippen LogP contribution in [0.2, 0.25) is 0 Å². The predicted molar refractivity (Wildman–Crippen MR) is 71.0 cm³/mol. The molecule has 0 aliphatic heterocycles. The monoisotopic (exact) mass is 235 g/mol. The van der Waals surface area contributed by atoms with Crippen molar-refractivity contribution in [2.45, 2.75) is 58.5 Å². The molecule has 96 valence electrons. The van der Waals surface area contributed by atoms with Gasteiger partial charge in [0.1, 0.15) is 5.82 Å². The molecule has 3 nitrogen and oxygen atoms in total. The van der Waals surface area contributed by atoms with Gasteiger partial charge in [-0.3, -0.25) is 0 Å². The summed E-state index contributed by atoms with van der Waals surface area (Å²) in [5.41, 5.74) is 0. The van der Waals surface area contributed by atoms with Gasteiger partial charge in [-0.15, -0.1) is 0 Å². The maximum absolute atomic E-state index is 4.25. The Morgan fingerprint density at radius 1 is 1.35 bits per heavy atom. The number of hydrogen-bond donors (Lipinski definition) is 1. The molecule has 0 aromatic carbocycles. The van der Waals surface area contributed by atoms with Crippen molar-refractivity contribution in [3.05, 3.63) is 18.2 Å². The molecule has 0 saturated heterocycles. The van der Waals surface area contributed by atoms with Crippen molar-refractivity contribution in [2.24, 2.45) is 5.92 Å². The van der Waals surface area contributed by atoms with Gasteiger partial charge in [-0.25, -0.2) is 4.98 Å². The lowest BCUT2D eigenvalue weighted by Gasteiger charge is -2.23. The van der Waals surface area contributed by atoms with E-state index < -0.39 is 0 Å². The summed E-state index contributed by atoms with van der Waals surface area (Å²) in [6.45, 7) is 6.56. The Labute approximate surface area is 105 Å². The molecule has 2 rings (SSSR count). The lowest BCUT2D eigenvalue weighted by molar-refractivity contribution is 0.351. The Balaban J connectivity index is 1.75. The van der Waals surface area contributed by atoms with E-state index >= 15 is 0 Å². The number of imidazole rings is 1. The molecule has 0 radical (unpaired) electrons. The van der Waals surface area contributed by atoms with Crippen molar-refractivity contribution in [1.82, 2.24) is 14.9 Å². The van der Waals surface area contributed by atoms with Crippen molar-refractivity contribution in [3.63, 3.8) is 0 Å². The van der Waals surface area contributed by atoms with Gasteiger partial charge in [0.2, 0.25) is 0 Å². The lowest BCUT2D eigenvalue weighted by atomic mass is 9.97. The Hall–Kier alpha value is -0.830. The molecule has 1 N–H and O–H groups in total. The number of aromatic nitrogens is 2. The molecule has 3 heteroatoms. The Bertz CT molecular complexity index is 332. The van der Waals surface area contributed by atoms with Crippen LogP contribution in [0, 0.1) is 12.8 Å². The standard InChI is InChI=1S/C14H25N3/c1-12-6-4-3-5-7-14(12)16-9-11-17-10-8-15-13(17)2/h8,10,12,14,16H,3-7,9,11H2,1-2H3. The lowest BCUT2D eigenvalue weighted by Crippen LogP contribution is -2.36. The molecule has 1 aromatic heterocycles. The zero-order valence-electron chi connectivity index (χ0n) is 11.2. The number of aryl methyl sites for hydroxylation is 1. The second kappa shape index (κ2) is 6.20. The Morgan fingerprint density at radius 3 is 2.94 bits per heavy atom. The van der Waals surface area contributed by atoms with Gasteiger partial charge < -0.3 is 9.88 Å². The minimum atomic E-state index is 0.723. The van der Waals surface area contributed by atoms with E-state index in [9.17, 15) is 0 Å². The highest BCUT2D eigenvalue weighted by atomic mass is 15.1. The van der Waals surface area contributed by atoms with Crippen LogP contribution in [0.5, 0.6) is 0 Å². The highest BCUT2D eigenvalue weighted by Crippen LogP contribution is 2.22. The molecule has 1 aliphatic carbocycles. The SMILES string of the molecule is Cc1nccn1CCNC1CCCCCC1C. The van der Waals surface area contributed by atoms with E-state index in [1.807, 2.05) is 6.20 Å². The van der Waals surface area contributed by atoms with Crippen LogP contribution in [0.1, 0.15) is 44.9 Å². The fourth-order valence-corrected chi connectivity index (χ4v) is 2.81. The van der Waals surface area contributed by atoms with Gasteiger partial charge in [-0.2, -0.15) is 0 Å². The van der Waals surface area contributed by atoms with Gasteiger partial charge in [-0.1, -0.05) is 26.2 Å². The van der Waals surface area contributed by atoms with Crippen LogP contribution in [0.3, 0.4) is 0 Å². The second-order valence-electron chi connectivity index (χ2n) is 5.34. The van der Waals surface area contributed by atoms with Gasteiger partial charge in [0.05, 0.1) is 0 Å². The third-order valence-corrected chi connectivity index (χ3v) is 4.04. The molecule has 17 heavy (non-hydrogen) atoms. The molecule has 0 spiro atoms. The van der Waals surface area contributed by atoms with Gasteiger partial charge in [0.15, 0.2) is 0 Å². The van der Waals surface area contributed by atoms with Crippen LogP contribution >= 0.6 is 0 Å². The Morgan fingerprint density at radius 2 is 2.18 bits per heavy atom. The molecule has 0 amide bonds. The molecule has 1 aromatic rings. The summed E-state index contributed by atoms with van der Waals surface area (Å²) in [5, 5.41) is 3.73. The fourth-order valence-electron chi connectivity index (χ4n) is 2.81. The van der Waals surface area contributed by atoms with E-state index in [-0.39, 0.29) is 0 Å². The van der Waals surface area contributed by atoms with Crippen molar-refractivity contribution >= 4 is 0 Å². The third-order valence-electron chi connectivity index (χ3n) is 4.04. The molecular weight excluding hydrogens is 210 g/mol. The zero-order valence-corrected chi connectivity index (χ0v) is 11.2. The molecule has 1 heterocycles. The highest BCUT2D eigenvalue weighted by molar-refractivity contribution is 4.88. The number of nitrogens with one attached hydrogen (secondary N) is 1. The minimum absolute atomic E-state index is 0.723. The van der Waals surface area contributed by atoms with Crippen LogP contribution in [0.4, 0.5) is 0 Å². The van der Waals surface area contributed by atoms with Crippen molar-refractivity contribution in [3.8, 4) is 0 Å². The second-order valence-corrected chi connectivity index (χ2v) is 5.34. The summed E-state index contributed by atoms with van der Waals surface area (Å²) in [5.74, 6) is 1.95. The number of rotatable bonds is 4. The van der Waals surface area contributed by atoms with E-state index in [1.54, 1.807) is 0 Å². The van der Waals surface area contributed by atoms with Gasteiger partial charge >= 0.3 is 0 Å². The van der Waals surface area contributed by atoms with E-state index in [4.69, 9.17) is 0 Å². The summed E-state index contributed by atoms with van der Waals surface area (Å²) in [6.07, 6.45) is 10.9. The quantitative estimate of drug-likeness (QED) is 0.813. The molecular formula is C14H25N3. The molecule has 1 saturated carbocycles. The summed E-state index contributed by atoms with van der Waals surface area (Å²) >= 11 is 0. The zero-order chi connectivity index (χ0) is 12.1. The van der Waals surface area contributed by atoms with Crippen molar-refractivity contribution in [1.29, 1.82) is 0 Å². The van der Waals surface area contributed by atoms with Crippen LogP contribution in [0.15, 0.2) is 12.4 Å². The maximum Gasteiger partial charge on any atom is 0.105 e. The fraction of sp³-hybridized carbons (Fsp3) is 0.786. The summed E-state index contributed by atoms with van der Waals surface area (Å²) in [4.78, 5) is 4.25. The number of nitrogens with zero attached hydrogens (tertiary/aromatic N) is 2. The Kier molecular flexibility index (Phi) is 4.60. The normalized spacial score (nSPS) is 25.8. The molecule has 2 unspecified atom stereocenters. The van der Waals surface area contributed by atoms with Gasteiger partial charge in [-0.05, 0) is 25.7 Å². The van der Waals surface area contributed by atoms with Crippen LogP contribution in [-0.4, -0.2) is 22.1 Å². The predicted octanol–water partition coefficient (Wildman–Crippen LogP) is 2.75. The summed E-state index contributed by atoms with van der Waals surface area (Å²) in [7, 11) is 0. The third kappa shape index (κ3) is 3.56. The topological polar surface area (TPSA) is 29.9 Å². The first-order valence-electron chi connectivity index (χ1n) is 6.98. The van der Waals surface area contributed by atoms with E-state index in [2.05, 4.69) is 34.9 Å². The van der Waals surface area contributed by atoms with Crippen molar-refractivity contribution < 1.29 is 0 Å². The average molecular weight is 235 g/mol. The molecule has 1 aliphatic rings. The first-order valence-corrected chi connectivity index (χ1v) is 6.98. The van der Waals surface area contributed by atoms with Crippen molar-refractivity contribution in [2.75, 3.05) is 6.54 Å². The summed E-state index contributed by atoms with van der Waals surface area (Å²) < 4.78 is 2.22. The molecule has 0 bridgehead atoms. The maximum atomic E-state index is 4.25.